The molecule has 2 unspecified atom stereocenters. The Balaban J connectivity index is 2.24. The lowest BCUT2D eigenvalue weighted by molar-refractivity contribution is 0.489. The van der Waals surface area contributed by atoms with Crippen molar-refractivity contribution < 1.29 is 0 Å². The first-order valence-corrected chi connectivity index (χ1v) is 3.37. The maximum atomic E-state index is 3.96. The highest BCUT2D eigenvalue weighted by Crippen LogP contribution is 2.12. The van der Waals surface area contributed by atoms with E-state index in [1.54, 1.807) is 0 Å². The van der Waals surface area contributed by atoms with Gasteiger partial charge in [-0.05, 0) is 32.2 Å². The van der Waals surface area contributed by atoms with Crippen LogP contribution in [0.5, 0.6) is 0 Å². The molecule has 8 heavy (non-hydrogen) atoms. The molecule has 1 heteroatoms. The highest BCUT2D eigenvalue weighted by molar-refractivity contribution is 4.79. The minimum Gasteiger partial charge on any atom is -0.314 e. The molecule has 1 rings (SSSR count). The second-order valence-corrected chi connectivity index (χ2v) is 2.68. The van der Waals surface area contributed by atoms with E-state index in [-0.39, 0.29) is 0 Å². The molecule has 47 valence electrons. The van der Waals surface area contributed by atoms with Crippen LogP contribution in [0.15, 0.2) is 0 Å². The summed E-state index contributed by atoms with van der Waals surface area (Å²) < 4.78 is 0. The molecule has 1 nitrogen and oxygen atoms in total. The van der Waals surface area contributed by atoms with E-state index in [4.69, 9.17) is 0 Å². The Kier molecular flexibility index (Phi) is 1.90. The Bertz CT molecular complexity index is 62.8. The van der Waals surface area contributed by atoms with Gasteiger partial charge in [0.1, 0.15) is 0 Å². The molecule has 0 bridgehead atoms. The fourth-order valence-electron chi connectivity index (χ4n) is 1.20. The van der Waals surface area contributed by atoms with Crippen molar-refractivity contribution in [2.75, 3.05) is 6.54 Å². The first-order chi connectivity index (χ1) is 3.80. The van der Waals surface area contributed by atoms with Gasteiger partial charge in [0.15, 0.2) is 0 Å². The van der Waals surface area contributed by atoms with E-state index in [9.17, 15) is 0 Å². The standard InChI is InChI=1S/C7H14N/c1-6(2)7-4-3-5-8-7/h6-8H,1,3-5H2,2H3. The maximum Gasteiger partial charge on any atom is 0.00931 e. The van der Waals surface area contributed by atoms with Crippen molar-refractivity contribution in [1.29, 1.82) is 0 Å². The van der Waals surface area contributed by atoms with Crippen LogP contribution in [0, 0.1) is 12.8 Å². The predicted octanol–water partition coefficient (Wildman–Crippen LogP) is 1.21. The second-order valence-electron chi connectivity index (χ2n) is 2.68. The average Bonchev–Trinajstić information content (AvgIpc) is 2.12. The van der Waals surface area contributed by atoms with Crippen LogP contribution >= 0.6 is 0 Å². The minimum absolute atomic E-state index is 0.581. The Hall–Kier alpha value is -0.0400. The fraction of sp³-hybridized carbons (Fsp3) is 0.857. The summed E-state index contributed by atoms with van der Waals surface area (Å²) in [5.74, 6) is 0.581. The highest BCUT2D eigenvalue weighted by atomic mass is 14.9. The van der Waals surface area contributed by atoms with Crippen molar-refractivity contribution >= 4 is 0 Å². The van der Waals surface area contributed by atoms with Crippen molar-refractivity contribution in [3.05, 3.63) is 6.92 Å². The van der Waals surface area contributed by atoms with Crippen LogP contribution < -0.4 is 5.32 Å². The highest BCUT2D eigenvalue weighted by Gasteiger charge is 2.16. The zero-order chi connectivity index (χ0) is 5.98. The molecule has 1 aliphatic heterocycles. The Morgan fingerprint density at radius 2 is 2.50 bits per heavy atom. The van der Waals surface area contributed by atoms with Crippen LogP contribution in [0.25, 0.3) is 0 Å². The van der Waals surface area contributed by atoms with Crippen molar-refractivity contribution in [2.45, 2.75) is 25.8 Å². The van der Waals surface area contributed by atoms with Crippen LogP contribution in [0.4, 0.5) is 0 Å². The molecule has 2 atom stereocenters. The van der Waals surface area contributed by atoms with Gasteiger partial charge in [-0.2, -0.15) is 0 Å². The Labute approximate surface area is 51.5 Å². The van der Waals surface area contributed by atoms with Crippen LogP contribution in [0.3, 0.4) is 0 Å². The van der Waals surface area contributed by atoms with Gasteiger partial charge in [0, 0.05) is 6.04 Å². The van der Waals surface area contributed by atoms with E-state index in [1.807, 2.05) is 0 Å². The Morgan fingerprint density at radius 1 is 1.75 bits per heavy atom. The summed E-state index contributed by atoms with van der Waals surface area (Å²) in [4.78, 5) is 0. The van der Waals surface area contributed by atoms with Crippen LogP contribution in [0.1, 0.15) is 19.8 Å². The number of hydrogen-bond donors (Lipinski definition) is 1. The SMILES string of the molecule is [CH2]C(C)C1CCCN1. The number of rotatable bonds is 1. The normalized spacial score (nSPS) is 29.6. The third-order valence-corrected chi connectivity index (χ3v) is 1.79. The average molecular weight is 112 g/mol. The van der Waals surface area contributed by atoms with Crippen LogP contribution in [-0.4, -0.2) is 12.6 Å². The van der Waals surface area contributed by atoms with Crippen LogP contribution in [0.2, 0.25) is 0 Å². The Morgan fingerprint density at radius 3 is 2.75 bits per heavy atom. The molecule has 0 aliphatic carbocycles. The quantitative estimate of drug-likeness (QED) is 0.537. The molecular formula is C7H14N. The van der Waals surface area contributed by atoms with Gasteiger partial charge in [-0.3, -0.25) is 0 Å². The summed E-state index contributed by atoms with van der Waals surface area (Å²) >= 11 is 0. The molecule has 0 aromatic heterocycles. The topological polar surface area (TPSA) is 12.0 Å². The van der Waals surface area contributed by atoms with Gasteiger partial charge in [-0.15, -0.1) is 0 Å². The third-order valence-electron chi connectivity index (χ3n) is 1.79. The zero-order valence-electron chi connectivity index (χ0n) is 5.48. The summed E-state index contributed by atoms with van der Waals surface area (Å²) in [6.07, 6.45) is 2.66. The summed E-state index contributed by atoms with van der Waals surface area (Å²) in [6.45, 7) is 7.33. The van der Waals surface area contributed by atoms with E-state index in [0.717, 1.165) is 0 Å². The van der Waals surface area contributed by atoms with E-state index in [2.05, 4.69) is 19.2 Å². The molecule has 1 aliphatic rings. The predicted molar refractivity (Wildman–Crippen MR) is 35.5 cm³/mol. The lowest BCUT2D eigenvalue weighted by atomic mass is 10.0. The van der Waals surface area contributed by atoms with Gasteiger partial charge in [0.25, 0.3) is 0 Å². The first kappa shape index (κ1) is 6.09. The molecule has 0 saturated carbocycles. The van der Waals surface area contributed by atoms with E-state index in [1.165, 1.54) is 19.4 Å². The summed E-state index contributed by atoms with van der Waals surface area (Å²) in [6, 6.07) is 0.704. The lowest BCUT2D eigenvalue weighted by Gasteiger charge is -2.12. The maximum absolute atomic E-state index is 3.96. The molecule has 1 heterocycles. The van der Waals surface area contributed by atoms with Gasteiger partial charge in [-0.1, -0.05) is 6.92 Å². The van der Waals surface area contributed by atoms with Crippen molar-refractivity contribution in [1.82, 2.24) is 5.32 Å². The molecule has 0 amide bonds. The van der Waals surface area contributed by atoms with Crippen molar-refractivity contribution in [2.24, 2.45) is 5.92 Å². The molecule has 0 spiro atoms. The summed E-state index contributed by atoms with van der Waals surface area (Å²) in [5.41, 5.74) is 0. The third kappa shape index (κ3) is 1.22. The van der Waals surface area contributed by atoms with Gasteiger partial charge in [0.05, 0.1) is 0 Å². The zero-order valence-corrected chi connectivity index (χ0v) is 5.48. The molecule has 1 radical (unpaired) electrons. The van der Waals surface area contributed by atoms with Crippen molar-refractivity contribution in [3.8, 4) is 0 Å². The van der Waals surface area contributed by atoms with Crippen LogP contribution in [-0.2, 0) is 0 Å². The second kappa shape index (κ2) is 2.49. The summed E-state index contributed by atoms with van der Waals surface area (Å²) in [7, 11) is 0. The number of nitrogens with one attached hydrogen (secondary N) is 1. The minimum atomic E-state index is 0.581. The van der Waals surface area contributed by atoms with E-state index in [0.29, 0.717) is 12.0 Å². The van der Waals surface area contributed by atoms with E-state index >= 15 is 0 Å². The van der Waals surface area contributed by atoms with E-state index < -0.39 is 0 Å². The van der Waals surface area contributed by atoms with Gasteiger partial charge >= 0.3 is 0 Å². The molecular weight excluding hydrogens is 98.1 g/mol. The first-order valence-electron chi connectivity index (χ1n) is 3.37. The number of hydrogen-bond acceptors (Lipinski definition) is 1. The molecule has 1 saturated heterocycles. The molecule has 1 fully saturated rings. The molecule has 0 aromatic rings. The smallest absolute Gasteiger partial charge is 0.00931 e. The van der Waals surface area contributed by atoms with Gasteiger partial charge in [-0.25, -0.2) is 0 Å². The molecule has 1 N–H and O–H groups in total. The fourth-order valence-corrected chi connectivity index (χ4v) is 1.20. The van der Waals surface area contributed by atoms with Gasteiger partial charge < -0.3 is 5.32 Å². The largest absolute Gasteiger partial charge is 0.314 e. The summed E-state index contributed by atoms with van der Waals surface area (Å²) in [5, 5.41) is 3.39. The van der Waals surface area contributed by atoms with Crippen molar-refractivity contribution in [3.63, 3.8) is 0 Å². The van der Waals surface area contributed by atoms with Gasteiger partial charge in [0.2, 0.25) is 0 Å². The lowest BCUT2D eigenvalue weighted by Crippen LogP contribution is -2.26. The molecule has 0 aromatic carbocycles. The monoisotopic (exact) mass is 112 g/mol.